The van der Waals surface area contributed by atoms with E-state index in [1.807, 2.05) is 0 Å². The van der Waals surface area contributed by atoms with Gasteiger partial charge in [-0.15, -0.1) is 0 Å². The summed E-state index contributed by atoms with van der Waals surface area (Å²) in [5, 5.41) is 13.9. The maximum atomic E-state index is 12.0. The van der Waals surface area contributed by atoms with Crippen LogP contribution in [-0.4, -0.2) is 11.0 Å². The van der Waals surface area contributed by atoms with E-state index in [-0.39, 0.29) is 20.4 Å². The van der Waals surface area contributed by atoms with Gasteiger partial charge in [0.25, 0.3) is 5.69 Å². The topological polar surface area (TPSA) is 81.5 Å². The third-order valence-corrected chi connectivity index (χ3v) is 4.48. The molecule has 120 valence electrons. The molecule has 0 aliphatic heterocycles. The van der Waals surface area contributed by atoms with Crippen LogP contribution in [-0.2, 0) is 0 Å². The summed E-state index contributed by atoms with van der Waals surface area (Å²) in [6.45, 7) is 1.76. The van der Waals surface area contributed by atoms with Gasteiger partial charge in [-0.3, -0.25) is 15.4 Å². The van der Waals surface area contributed by atoms with Crippen LogP contribution in [0.25, 0.3) is 0 Å². The summed E-state index contributed by atoms with van der Waals surface area (Å²) in [6.07, 6.45) is -0.745. The van der Waals surface area contributed by atoms with Crippen molar-refractivity contribution < 1.29 is 14.5 Å². The smallest absolute Gasteiger partial charge is 0.408 e. The lowest BCUT2D eigenvalue weighted by Gasteiger charge is -2.11. The van der Waals surface area contributed by atoms with Crippen LogP contribution in [0.4, 0.5) is 16.2 Å². The number of nitrogens with zero attached hydrogens (tertiary/aromatic N) is 1. The number of anilines is 1. The zero-order valence-electron chi connectivity index (χ0n) is 11.6. The Balaban J connectivity index is 2.21. The standard InChI is InChI=1S/C14H9Br2ClN2O4/c1-7-11(17)3-2-4-12(7)18-14(20)23-13-9(15)5-8(19(21)22)6-10(13)16/h2-6H,1H3,(H,18,20). The third-order valence-electron chi connectivity index (χ3n) is 2.89. The highest BCUT2D eigenvalue weighted by molar-refractivity contribution is 9.11. The van der Waals surface area contributed by atoms with Crippen LogP contribution in [0, 0.1) is 17.0 Å². The van der Waals surface area contributed by atoms with Crippen molar-refractivity contribution in [3.8, 4) is 5.75 Å². The molecule has 0 saturated heterocycles. The van der Waals surface area contributed by atoms with E-state index in [1.54, 1.807) is 25.1 Å². The molecule has 1 amide bonds. The molecule has 0 saturated carbocycles. The van der Waals surface area contributed by atoms with E-state index in [1.165, 1.54) is 12.1 Å². The average molecular weight is 464 g/mol. The van der Waals surface area contributed by atoms with E-state index in [0.29, 0.717) is 16.3 Å². The minimum atomic E-state index is -0.745. The lowest BCUT2D eigenvalue weighted by atomic mass is 10.2. The molecule has 6 nitrogen and oxygen atoms in total. The van der Waals surface area contributed by atoms with Crippen molar-refractivity contribution >= 4 is 60.9 Å². The van der Waals surface area contributed by atoms with Gasteiger partial charge in [0.05, 0.1) is 13.9 Å². The number of ether oxygens (including phenoxy) is 1. The molecule has 0 spiro atoms. The second kappa shape index (κ2) is 7.29. The molecule has 0 aromatic heterocycles. The highest BCUT2D eigenvalue weighted by atomic mass is 79.9. The second-order valence-electron chi connectivity index (χ2n) is 4.42. The van der Waals surface area contributed by atoms with Crippen molar-refractivity contribution in [2.24, 2.45) is 0 Å². The van der Waals surface area contributed by atoms with Crippen molar-refractivity contribution in [1.82, 2.24) is 0 Å². The van der Waals surface area contributed by atoms with Gasteiger partial charge < -0.3 is 4.74 Å². The molecule has 1 N–H and O–H groups in total. The van der Waals surface area contributed by atoms with E-state index in [4.69, 9.17) is 16.3 Å². The Labute approximate surface area is 153 Å². The molecule has 0 aliphatic rings. The molecule has 0 fully saturated rings. The molecule has 0 aliphatic carbocycles. The molecule has 0 heterocycles. The summed E-state index contributed by atoms with van der Waals surface area (Å²) in [4.78, 5) is 22.3. The highest BCUT2D eigenvalue weighted by Gasteiger charge is 2.18. The molecule has 0 radical (unpaired) electrons. The first kappa shape index (κ1) is 17.7. The maximum absolute atomic E-state index is 12.0. The van der Waals surface area contributed by atoms with Crippen LogP contribution >= 0.6 is 43.5 Å². The molecular formula is C14H9Br2ClN2O4. The van der Waals surface area contributed by atoms with E-state index in [9.17, 15) is 14.9 Å². The number of nitro benzene ring substituents is 1. The Morgan fingerprint density at radius 3 is 2.48 bits per heavy atom. The molecule has 2 aromatic rings. The molecule has 0 unspecified atom stereocenters. The fourth-order valence-electron chi connectivity index (χ4n) is 1.72. The van der Waals surface area contributed by atoms with Crippen molar-refractivity contribution in [3.63, 3.8) is 0 Å². The predicted octanol–water partition coefficient (Wildman–Crippen LogP) is 5.69. The van der Waals surface area contributed by atoms with Crippen LogP contribution in [0.1, 0.15) is 5.56 Å². The summed E-state index contributed by atoms with van der Waals surface area (Å²) < 4.78 is 5.75. The first-order valence-electron chi connectivity index (χ1n) is 6.17. The van der Waals surface area contributed by atoms with Crippen LogP contribution in [0.15, 0.2) is 39.3 Å². The number of benzene rings is 2. The number of amides is 1. The van der Waals surface area contributed by atoms with Gasteiger partial charge in [-0.05, 0) is 56.5 Å². The van der Waals surface area contributed by atoms with E-state index in [2.05, 4.69) is 37.2 Å². The van der Waals surface area contributed by atoms with Gasteiger partial charge >= 0.3 is 6.09 Å². The lowest BCUT2D eigenvalue weighted by Crippen LogP contribution is -2.18. The number of non-ortho nitro benzene ring substituents is 1. The largest absolute Gasteiger partial charge is 0.417 e. The van der Waals surface area contributed by atoms with Gasteiger partial charge in [-0.1, -0.05) is 17.7 Å². The Morgan fingerprint density at radius 1 is 1.30 bits per heavy atom. The fraction of sp³-hybridized carbons (Fsp3) is 0.0714. The van der Waals surface area contributed by atoms with Crippen molar-refractivity contribution in [2.45, 2.75) is 6.92 Å². The minimum absolute atomic E-state index is 0.132. The highest BCUT2D eigenvalue weighted by Crippen LogP contribution is 2.37. The molecule has 2 aromatic carbocycles. The van der Waals surface area contributed by atoms with E-state index >= 15 is 0 Å². The predicted molar refractivity (Wildman–Crippen MR) is 94.3 cm³/mol. The summed E-state index contributed by atoms with van der Waals surface area (Å²) in [5.41, 5.74) is 1.08. The quantitative estimate of drug-likeness (QED) is 0.467. The summed E-state index contributed by atoms with van der Waals surface area (Å²) in [5.74, 6) is 0.132. The van der Waals surface area contributed by atoms with Crippen molar-refractivity contribution in [3.05, 3.63) is 60.0 Å². The van der Waals surface area contributed by atoms with Gasteiger partial charge in [0, 0.05) is 22.8 Å². The number of carbonyl (C=O) groups excluding carboxylic acids is 1. The molecule has 2 rings (SSSR count). The number of hydrogen-bond donors (Lipinski definition) is 1. The normalized spacial score (nSPS) is 10.3. The summed E-state index contributed by atoms with van der Waals surface area (Å²) >= 11 is 12.3. The van der Waals surface area contributed by atoms with Crippen LogP contribution in [0.2, 0.25) is 5.02 Å². The second-order valence-corrected chi connectivity index (χ2v) is 6.54. The third kappa shape index (κ3) is 4.21. The Kier molecular flexibility index (Phi) is 5.61. The van der Waals surface area contributed by atoms with Gasteiger partial charge in [-0.2, -0.15) is 0 Å². The number of rotatable bonds is 3. The Bertz CT molecular complexity index is 775. The zero-order valence-corrected chi connectivity index (χ0v) is 15.5. The number of hydrogen-bond acceptors (Lipinski definition) is 4. The minimum Gasteiger partial charge on any atom is -0.408 e. The van der Waals surface area contributed by atoms with Gasteiger partial charge in [0.15, 0.2) is 5.75 Å². The van der Waals surface area contributed by atoms with E-state index < -0.39 is 11.0 Å². The first-order valence-corrected chi connectivity index (χ1v) is 8.13. The number of carbonyl (C=O) groups is 1. The molecule has 9 heteroatoms. The van der Waals surface area contributed by atoms with Crippen molar-refractivity contribution in [2.75, 3.05) is 5.32 Å². The van der Waals surface area contributed by atoms with Crippen LogP contribution in [0.3, 0.4) is 0 Å². The SMILES string of the molecule is Cc1c(Cl)cccc1NC(=O)Oc1c(Br)cc([N+](=O)[O-])cc1Br. The van der Waals surface area contributed by atoms with Gasteiger partial charge in [0.2, 0.25) is 0 Å². The number of nitro groups is 1. The maximum Gasteiger partial charge on any atom is 0.417 e. The molecular weight excluding hydrogens is 455 g/mol. The Hall–Kier alpha value is -1.64. The number of halogens is 3. The lowest BCUT2D eigenvalue weighted by molar-refractivity contribution is -0.385. The first-order chi connectivity index (χ1) is 10.8. The Morgan fingerprint density at radius 2 is 1.91 bits per heavy atom. The molecule has 0 atom stereocenters. The van der Waals surface area contributed by atoms with Crippen molar-refractivity contribution in [1.29, 1.82) is 0 Å². The summed E-state index contributed by atoms with van der Waals surface area (Å²) in [6, 6.07) is 7.58. The van der Waals surface area contributed by atoms with Crippen LogP contribution in [0.5, 0.6) is 5.75 Å². The van der Waals surface area contributed by atoms with E-state index in [0.717, 1.165) is 0 Å². The molecule has 0 bridgehead atoms. The summed E-state index contributed by atoms with van der Waals surface area (Å²) in [7, 11) is 0. The molecule has 23 heavy (non-hydrogen) atoms. The number of nitrogens with one attached hydrogen (secondary N) is 1. The van der Waals surface area contributed by atoms with Gasteiger partial charge in [-0.25, -0.2) is 4.79 Å². The fourth-order valence-corrected chi connectivity index (χ4v) is 3.22. The van der Waals surface area contributed by atoms with Crippen LogP contribution < -0.4 is 10.1 Å². The zero-order chi connectivity index (χ0) is 17.1. The van der Waals surface area contributed by atoms with Gasteiger partial charge in [0.1, 0.15) is 0 Å². The monoisotopic (exact) mass is 462 g/mol. The average Bonchev–Trinajstić information content (AvgIpc) is 2.47.